The minimum Gasteiger partial charge on any atom is -0.469 e. The molecule has 1 aromatic rings. The van der Waals surface area contributed by atoms with Crippen LogP contribution in [0.5, 0.6) is 0 Å². The normalized spacial score (nSPS) is 25.0. The maximum atomic E-state index is 11.8. The van der Waals surface area contributed by atoms with Crippen molar-refractivity contribution < 1.29 is 19.1 Å². The molecule has 2 rings (SSSR count). The van der Waals surface area contributed by atoms with Crippen LogP contribution in [0.1, 0.15) is 12.0 Å². The number of hydrogen-bond acceptors (Lipinski definition) is 5. The Morgan fingerprint density at radius 1 is 1.14 bits per heavy atom. The molecule has 1 aromatic carbocycles. The topological polar surface area (TPSA) is 64.6 Å². The Bertz CT molecular complexity index is 526. The van der Waals surface area contributed by atoms with E-state index < -0.39 is 6.04 Å². The second kappa shape index (κ2) is 7.04. The molecule has 0 aromatic heterocycles. The van der Waals surface area contributed by atoms with Gasteiger partial charge in [0.2, 0.25) is 0 Å². The molecule has 5 heteroatoms. The van der Waals surface area contributed by atoms with Gasteiger partial charge < -0.3 is 9.47 Å². The van der Waals surface area contributed by atoms with Gasteiger partial charge >= 0.3 is 11.9 Å². The summed E-state index contributed by atoms with van der Waals surface area (Å²) in [6, 6.07) is 9.03. The van der Waals surface area contributed by atoms with Gasteiger partial charge in [-0.15, -0.1) is 0 Å². The second-order valence-electron chi connectivity index (χ2n) is 4.90. The molecule has 3 atom stereocenters. The van der Waals surface area contributed by atoms with Crippen LogP contribution in [0.15, 0.2) is 36.4 Å². The van der Waals surface area contributed by atoms with E-state index in [-0.39, 0.29) is 23.9 Å². The SMILES string of the molecule is COC(=O)[C@H]1C[C@H](C(=O)OC)N[C@@H]1/C=C/c1ccccc1. The number of hydrogen-bond donors (Lipinski definition) is 1. The highest BCUT2D eigenvalue weighted by molar-refractivity contribution is 5.80. The maximum absolute atomic E-state index is 11.8. The Kier molecular flexibility index (Phi) is 5.11. The Balaban J connectivity index is 2.12. The Morgan fingerprint density at radius 3 is 2.43 bits per heavy atom. The molecule has 1 saturated heterocycles. The summed E-state index contributed by atoms with van der Waals surface area (Å²) in [6.45, 7) is 0. The number of methoxy groups -OCH3 is 2. The fourth-order valence-corrected chi connectivity index (χ4v) is 2.49. The molecule has 1 aliphatic rings. The highest BCUT2D eigenvalue weighted by atomic mass is 16.5. The Hall–Kier alpha value is -2.14. The van der Waals surface area contributed by atoms with Gasteiger partial charge in [0.05, 0.1) is 20.1 Å². The summed E-state index contributed by atoms with van der Waals surface area (Å²) in [6.07, 6.45) is 4.19. The van der Waals surface area contributed by atoms with Crippen LogP contribution >= 0.6 is 0 Å². The highest BCUT2D eigenvalue weighted by Gasteiger charge is 2.41. The second-order valence-corrected chi connectivity index (χ2v) is 4.90. The van der Waals surface area contributed by atoms with Gasteiger partial charge in [-0.1, -0.05) is 42.5 Å². The summed E-state index contributed by atoms with van der Waals surface area (Å²) in [5, 5.41) is 3.12. The van der Waals surface area contributed by atoms with Crippen LogP contribution < -0.4 is 5.32 Å². The quantitative estimate of drug-likeness (QED) is 0.849. The zero-order chi connectivity index (χ0) is 15.2. The number of ether oxygens (including phenoxy) is 2. The van der Waals surface area contributed by atoms with E-state index in [1.807, 2.05) is 42.5 Å². The zero-order valence-corrected chi connectivity index (χ0v) is 12.1. The third kappa shape index (κ3) is 3.70. The molecule has 1 aliphatic heterocycles. The first-order chi connectivity index (χ1) is 10.2. The lowest BCUT2D eigenvalue weighted by atomic mass is 9.98. The molecule has 1 heterocycles. The van der Waals surface area contributed by atoms with Crippen LogP contribution in [-0.2, 0) is 19.1 Å². The van der Waals surface area contributed by atoms with E-state index in [0.717, 1.165) is 5.56 Å². The summed E-state index contributed by atoms with van der Waals surface area (Å²) in [5.74, 6) is -1.07. The number of benzene rings is 1. The average Bonchev–Trinajstić information content (AvgIpc) is 2.96. The lowest BCUT2D eigenvalue weighted by Gasteiger charge is -2.13. The van der Waals surface area contributed by atoms with Crippen molar-refractivity contribution in [1.82, 2.24) is 5.32 Å². The van der Waals surface area contributed by atoms with Gasteiger partial charge in [0, 0.05) is 6.04 Å². The minimum atomic E-state index is -0.482. The molecule has 0 spiro atoms. The molecule has 5 nitrogen and oxygen atoms in total. The minimum absolute atomic E-state index is 0.248. The summed E-state index contributed by atoms with van der Waals surface area (Å²) in [7, 11) is 2.69. The highest BCUT2D eigenvalue weighted by Crippen LogP contribution is 2.24. The van der Waals surface area contributed by atoms with Gasteiger partial charge in [-0.3, -0.25) is 14.9 Å². The number of nitrogens with one attached hydrogen (secondary N) is 1. The van der Waals surface area contributed by atoms with Crippen molar-refractivity contribution in [2.24, 2.45) is 5.92 Å². The number of rotatable bonds is 4. The van der Waals surface area contributed by atoms with E-state index >= 15 is 0 Å². The lowest BCUT2D eigenvalue weighted by molar-refractivity contribution is -0.145. The summed E-state index contributed by atoms with van der Waals surface area (Å²) < 4.78 is 9.54. The molecule has 1 fully saturated rings. The van der Waals surface area contributed by atoms with Crippen molar-refractivity contribution in [3.05, 3.63) is 42.0 Å². The lowest BCUT2D eigenvalue weighted by Crippen LogP contribution is -2.36. The average molecular weight is 289 g/mol. The Labute approximate surface area is 123 Å². The van der Waals surface area contributed by atoms with Crippen LogP contribution in [0.25, 0.3) is 6.08 Å². The summed E-state index contributed by atoms with van der Waals surface area (Å²) in [4.78, 5) is 23.5. The first kappa shape index (κ1) is 15.3. The van der Waals surface area contributed by atoms with Gasteiger partial charge in [-0.2, -0.15) is 0 Å². The van der Waals surface area contributed by atoms with E-state index in [1.165, 1.54) is 14.2 Å². The van der Waals surface area contributed by atoms with Crippen molar-refractivity contribution >= 4 is 18.0 Å². The molecule has 0 radical (unpaired) electrons. The van der Waals surface area contributed by atoms with E-state index in [0.29, 0.717) is 6.42 Å². The van der Waals surface area contributed by atoms with Gasteiger partial charge in [-0.25, -0.2) is 0 Å². The molecular formula is C16H19NO4. The van der Waals surface area contributed by atoms with Crippen LogP contribution in [0.2, 0.25) is 0 Å². The maximum Gasteiger partial charge on any atom is 0.322 e. The largest absolute Gasteiger partial charge is 0.469 e. The van der Waals surface area contributed by atoms with Crippen LogP contribution in [0.4, 0.5) is 0 Å². The van der Waals surface area contributed by atoms with Crippen molar-refractivity contribution in [3.8, 4) is 0 Å². The van der Waals surface area contributed by atoms with Gasteiger partial charge in [0.25, 0.3) is 0 Å². The molecule has 112 valence electrons. The van der Waals surface area contributed by atoms with Gasteiger partial charge in [0.1, 0.15) is 6.04 Å². The van der Waals surface area contributed by atoms with Crippen LogP contribution in [0, 0.1) is 5.92 Å². The number of esters is 2. The van der Waals surface area contributed by atoms with E-state index in [4.69, 9.17) is 9.47 Å². The molecule has 0 unspecified atom stereocenters. The fourth-order valence-electron chi connectivity index (χ4n) is 2.49. The summed E-state index contributed by atoms with van der Waals surface area (Å²) >= 11 is 0. The van der Waals surface area contributed by atoms with E-state index in [2.05, 4.69) is 5.32 Å². The third-order valence-corrected chi connectivity index (χ3v) is 3.60. The third-order valence-electron chi connectivity index (χ3n) is 3.60. The van der Waals surface area contributed by atoms with Gasteiger partial charge in [-0.05, 0) is 12.0 Å². The monoisotopic (exact) mass is 289 g/mol. The van der Waals surface area contributed by atoms with Crippen LogP contribution in [-0.4, -0.2) is 38.2 Å². The molecule has 1 N–H and O–H groups in total. The summed E-state index contributed by atoms with van der Waals surface area (Å²) in [5.41, 5.74) is 1.03. The smallest absolute Gasteiger partial charge is 0.322 e. The molecule has 21 heavy (non-hydrogen) atoms. The van der Waals surface area contributed by atoms with Crippen molar-refractivity contribution in [2.45, 2.75) is 18.5 Å². The van der Waals surface area contributed by atoms with Crippen molar-refractivity contribution in [2.75, 3.05) is 14.2 Å². The van der Waals surface area contributed by atoms with Crippen molar-refractivity contribution in [3.63, 3.8) is 0 Å². The first-order valence-electron chi connectivity index (χ1n) is 6.80. The molecule has 0 amide bonds. The Morgan fingerprint density at radius 2 is 1.81 bits per heavy atom. The molecule has 0 bridgehead atoms. The molecule has 0 saturated carbocycles. The van der Waals surface area contributed by atoms with E-state index in [9.17, 15) is 9.59 Å². The van der Waals surface area contributed by atoms with Crippen molar-refractivity contribution in [1.29, 1.82) is 0 Å². The predicted octanol–water partition coefficient (Wildman–Crippen LogP) is 1.39. The fraction of sp³-hybridized carbons (Fsp3) is 0.375. The predicted molar refractivity (Wildman–Crippen MR) is 78.3 cm³/mol. The van der Waals surface area contributed by atoms with E-state index in [1.54, 1.807) is 0 Å². The first-order valence-corrected chi connectivity index (χ1v) is 6.80. The number of carbonyl (C=O) groups excluding carboxylic acids is 2. The molecular weight excluding hydrogens is 270 g/mol. The van der Waals surface area contributed by atoms with Crippen LogP contribution in [0.3, 0.4) is 0 Å². The molecule has 0 aliphatic carbocycles. The standard InChI is InChI=1S/C16H19NO4/c1-20-15(18)12-10-14(16(19)21-2)17-13(12)9-8-11-6-4-3-5-7-11/h3-9,12-14,17H,10H2,1-2H3/b9-8+/t12-,13+,14+/m0/s1. The zero-order valence-electron chi connectivity index (χ0n) is 12.1. The number of carbonyl (C=O) groups is 2. The van der Waals surface area contributed by atoms with Gasteiger partial charge in [0.15, 0.2) is 0 Å².